The van der Waals surface area contributed by atoms with Crippen LogP contribution in [0.25, 0.3) is 11.1 Å². The van der Waals surface area contributed by atoms with Gasteiger partial charge in [0.1, 0.15) is 11.9 Å². The van der Waals surface area contributed by atoms with E-state index >= 15 is 0 Å². The Hall–Kier alpha value is -1.32. The van der Waals surface area contributed by atoms with Gasteiger partial charge in [0.2, 0.25) is 0 Å². The molecule has 0 aliphatic carbocycles. The van der Waals surface area contributed by atoms with Crippen LogP contribution in [0, 0.1) is 0 Å². The van der Waals surface area contributed by atoms with Gasteiger partial charge in [-0.15, -0.1) is 0 Å². The predicted octanol–water partition coefficient (Wildman–Crippen LogP) is 4.25. The van der Waals surface area contributed by atoms with E-state index in [9.17, 15) is 0 Å². The summed E-state index contributed by atoms with van der Waals surface area (Å²) < 4.78 is 7.12. The number of nitrogens with one attached hydrogen (secondary N) is 1. The molecule has 20 heavy (non-hydrogen) atoms. The van der Waals surface area contributed by atoms with Gasteiger partial charge in [0, 0.05) is 0 Å². The predicted molar refractivity (Wildman–Crippen MR) is 86.1 cm³/mol. The highest BCUT2D eigenvalue weighted by Gasteiger charge is 2.15. The molecule has 0 spiro atoms. The lowest BCUT2D eigenvalue weighted by molar-refractivity contribution is 0.161. The van der Waals surface area contributed by atoms with E-state index in [0.717, 1.165) is 36.2 Å². The molecule has 1 N–H and O–H groups in total. The van der Waals surface area contributed by atoms with Crippen LogP contribution in [0.2, 0.25) is 0 Å². The summed E-state index contributed by atoms with van der Waals surface area (Å²) in [5, 5.41) is 3.35. The first-order chi connectivity index (χ1) is 9.83. The van der Waals surface area contributed by atoms with Crippen molar-refractivity contribution in [1.29, 1.82) is 0 Å². The van der Waals surface area contributed by atoms with Gasteiger partial charge in [-0.1, -0.05) is 36.4 Å². The Balaban J connectivity index is 1.77. The molecule has 2 nitrogen and oxygen atoms in total. The van der Waals surface area contributed by atoms with Crippen molar-refractivity contribution in [2.75, 3.05) is 13.1 Å². The molecule has 0 aromatic heterocycles. The first-order valence-corrected chi connectivity index (χ1v) is 7.84. The molecule has 1 aliphatic rings. The van der Waals surface area contributed by atoms with E-state index < -0.39 is 0 Å². The van der Waals surface area contributed by atoms with Gasteiger partial charge in [-0.3, -0.25) is 0 Å². The molecule has 2 aromatic rings. The second-order valence-electron chi connectivity index (χ2n) is 5.08. The highest BCUT2D eigenvalue weighted by atomic mass is 79.9. The van der Waals surface area contributed by atoms with Crippen LogP contribution < -0.4 is 10.1 Å². The number of hydrogen-bond donors (Lipinski definition) is 1. The van der Waals surface area contributed by atoms with Crippen molar-refractivity contribution in [1.82, 2.24) is 5.32 Å². The maximum Gasteiger partial charge on any atom is 0.133 e. The SMILES string of the molecule is Brc1cc(-c2ccccc2)ccc1OC1CCNCC1. The molecular weight excluding hydrogens is 314 g/mol. The number of hydrogen-bond acceptors (Lipinski definition) is 2. The standard InChI is InChI=1S/C17H18BrNO/c18-16-12-14(13-4-2-1-3-5-13)6-7-17(16)20-15-8-10-19-11-9-15/h1-7,12,15,19H,8-11H2. The zero-order valence-corrected chi connectivity index (χ0v) is 12.9. The van der Waals surface area contributed by atoms with E-state index in [0.29, 0.717) is 6.10 Å². The zero-order valence-electron chi connectivity index (χ0n) is 11.3. The first kappa shape index (κ1) is 13.7. The Kier molecular flexibility index (Phi) is 4.38. The third kappa shape index (κ3) is 3.22. The van der Waals surface area contributed by atoms with Crippen molar-refractivity contribution in [2.24, 2.45) is 0 Å². The fourth-order valence-electron chi connectivity index (χ4n) is 2.50. The van der Waals surface area contributed by atoms with Crippen molar-refractivity contribution in [2.45, 2.75) is 18.9 Å². The summed E-state index contributed by atoms with van der Waals surface area (Å²) in [5.74, 6) is 0.941. The van der Waals surface area contributed by atoms with Gasteiger partial charge >= 0.3 is 0 Å². The third-order valence-electron chi connectivity index (χ3n) is 3.62. The molecule has 0 amide bonds. The molecule has 104 valence electrons. The average molecular weight is 332 g/mol. The van der Waals surface area contributed by atoms with Crippen LogP contribution in [0.15, 0.2) is 53.0 Å². The van der Waals surface area contributed by atoms with E-state index in [2.05, 4.69) is 63.7 Å². The van der Waals surface area contributed by atoms with Crippen molar-refractivity contribution in [3.8, 4) is 16.9 Å². The number of benzene rings is 2. The van der Waals surface area contributed by atoms with Crippen LogP contribution in [0.5, 0.6) is 5.75 Å². The Morgan fingerprint density at radius 2 is 1.70 bits per heavy atom. The molecule has 1 aliphatic heterocycles. The normalized spacial score (nSPS) is 16.1. The van der Waals surface area contributed by atoms with Crippen LogP contribution in [-0.4, -0.2) is 19.2 Å². The lowest BCUT2D eigenvalue weighted by Gasteiger charge is -2.24. The molecule has 0 saturated carbocycles. The topological polar surface area (TPSA) is 21.3 Å². The van der Waals surface area contributed by atoms with Crippen LogP contribution in [0.3, 0.4) is 0 Å². The second-order valence-corrected chi connectivity index (χ2v) is 5.93. The lowest BCUT2D eigenvalue weighted by atomic mass is 10.1. The van der Waals surface area contributed by atoms with Gasteiger partial charge in [0.05, 0.1) is 4.47 Å². The summed E-state index contributed by atoms with van der Waals surface area (Å²) in [6.45, 7) is 2.09. The smallest absolute Gasteiger partial charge is 0.133 e. The number of rotatable bonds is 3. The van der Waals surface area contributed by atoms with Gasteiger partial charge in [-0.2, -0.15) is 0 Å². The van der Waals surface area contributed by atoms with E-state index in [-0.39, 0.29) is 0 Å². The van der Waals surface area contributed by atoms with Gasteiger partial charge in [0.25, 0.3) is 0 Å². The molecule has 2 aromatic carbocycles. The van der Waals surface area contributed by atoms with Crippen LogP contribution in [-0.2, 0) is 0 Å². The summed E-state index contributed by atoms with van der Waals surface area (Å²) in [4.78, 5) is 0. The third-order valence-corrected chi connectivity index (χ3v) is 4.24. The number of ether oxygens (including phenoxy) is 1. The van der Waals surface area contributed by atoms with Crippen molar-refractivity contribution < 1.29 is 4.74 Å². The Bertz CT molecular complexity index is 564. The minimum atomic E-state index is 0.329. The Morgan fingerprint density at radius 1 is 0.950 bits per heavy atom. The van der Waals surface area contributed by atoms with Crippen LogP contribution in [0.4, 0.5) is 0 Å². The molecule has 1 saturated heterocycles. The molecule has 3 rings (SSSR count). The Labute approximate surface area is 128 Å². The van der Waals surface area contributed by atoms with E-state index in [1.165, 1.54) is 11.1 Å². The molecule has 1 fully saturated rings. The zero-order chi connectivity index (χ0) is 13.8. The van der Waals surface area contributed by atoms with Gasteiger partial charge in [-0.25, -0.2) is 0 Å². The van der Waals surface area contributed by atoms with E-state index in [1.54, 1.807) is 0 Å². The van der Waals surface area contributed by atoms with E-state index in [1.807, 2.05) is 6.07 Å². The molecular formula is C17H18BrNO. The molecule has 0 unspecified atom stereocenters. The lowest BCUT2D eigenvalue weighted by Crippen LogP contribution is -2.34. The highest BCUT2D eigenvalue weighted by Crippen LogP contribution is 2.32. The maximum absolute atomic E-state index is 6.09. The highest BCUT2D eigenvalue weighted by molar-refractivity contribution is 9.10. The van der Waals surface area contributed by atoms with Crippen molar-refractivity contribution >= 4 is 15.9 Å². The maximum atomic E-state index is 6.09. The molecule has 1 heterocycles. The first-order valence-electron chi connectivity index (χ1n) is 7.05. The average Bonchev–Trinajstić information content (AvgIpc) is 2.51. The quantitative estimate of drug-likeness (QED) is 0.907. The molecule has 0 bridgehead atoms. The minimum Gasteiger partial charge on any atom is -0.489 e. The van der Waals surface area contributed by atoms with Crippen molar-refractivity contribution in [3.63, 3.8) is 0 Å². The molecule has 3 heteroatoms. The van der Waals surface area contributed by atoms with E-state index in [4.69, 9.17) is 4.74 Å². The summed E-state index contributed by atoms with van der Waals surface area (Å²) >= 11 is 3.63. The number of halogens is 1. The molecule has 0 atom stereocenters. The van der Waals surface area contributed by atoms with Gasteiger partial charge < -0.3 is 10.1 Å². The minimum absolute atomic E-state index is 0.329. The summed E-state index contributed by atoms with van der Waals surface area (Å²) in [6.07, 6.45) is 2.48. The fraction of sp³-hybridized carbons (Fsp3) is 0.294. The van der Waals surface area contributed by atoms with Gasteiger partial charge in [-0.05, 0) is 65.1 Å². The van der Waals surface area contributed by atoms with Gasteiger partial charge in [0.15, 0.2) is 0 Å². The largest absolute Gasteiger partial charge is 0.489 e. The number of piperidine rings is 1. The van der Waals surface area contributed by atoms with Crippen molar-refractivity contribution in [3.05, 3.63) is 53.0 Å². The monoisotopic (exact) mass is 331 g/mol. The van der Waals surface area contributed by atoms with Crippen LogP contribution >= 0.6 is 15.9 Å². The summed E-state index contributed by atoms with van der Waals surface area (Å²) in [6, 6.07) is 16.7. The van der Waals surface area contributed by atoms with Crippen LogP contribution in [0.1, 0.15) is 12.8 Å². The second kappa shape index (κ2) is 6.42. The molecule has 0 radical (unpaired) electrons. The summed E-state index contributed by atoms with van der Waals surface area (Å²) in [7, 11) is 0. The fourth-order valence-corrected chi connectivity index (χ4v) is 2.97. The summed E-state index contributed by atoms with van der Waals surface area (Å²) in [5.41, 5.74) is 2.43. The Morgan fingerprint density at radius 3 is 2.40 bits per heavy atom.